The summed E-state index contributed by atoms with van der Waals surface area (Å²) in [4.78, 5) is 0. The molecule has 0 aliphatic rings. The van der Waals surface area contributed by atoms with E-state index < -0.39 is 32.3 Å². The molecule has 0 bridgehead atoms. The van der Waals surface area contributed by atoms with E-state index in [0.29, 0.717) is 55.4 Å². The minimum absolute atomic E-state index is 0.380. The van der Waals surface area contributed by atoms with Gasteiger partial charge in [-0.05, 0) is 123 Å². The van der Waals surface area contributed by atoms with Crippen LogP contribution in [0.15, 0.2) is 72.8 Å². The molecule has 5 aromatic carbocycles. The van der Waals surface area contributed by atoms with Crippen molar-refractivity contribution in [3.05, 3.63) is 83.9 Å². The molecule has 0 heterocycles. The fourth-order valence-electron chi connectivity index (χ4n) is 12.0. The average molecular weight is 916 g/mol. The van der Waals surface area contributed by atoms with Gasteiger partial charge in [-0.15, -0.1) is 33.3 Å². The van der Waals surface area contributed by atoms with Crippen molar-refractivity contribution in [2.75, 3.05) is 0 Å². The van der Waals surface area contributed by atoms with Gasteiger partial charge in [-0.2, -0.15) is 0 Å². The summed E-state index contributed by atoms with van der Waals surface area (Å²) < 4.78 is 0. The first-order chi connectivity index (χ1) is 29.9. The Balaban J connectivity index is 2.01. The van der Waals surface area contributed by atoms with Gasteiger partial charge in [0.05, 0.1) is 0 Å². The van der Waals surface area contributed by atoms with Gasteiger partial charge in [-0.1, -0.05) is 199 Å². The number of fused-ring (bicyclic) bond motifs is 4. The molecule has 338 valence electrons. The number of rotatable bonds is 10. The maximum atomic E-state index is 4.22. The molecule has 4 heteroatoms. The molecular weight excluding hydrogens is 833 g/mol. The Hall–Kier alpha value is -3.75. The molecule has 0 atom stereocenters. The van der Waals surface area contributed by atoms with E-state index in [-0.39, 0.29) is 0 Å². The van der Waals surface area contributed by atoms with Crippen molar-refractivity contribution in [3.8, 4) is 45.1 Å². The molecular formula is C60H82Si4. The Kier molecular flexibility index (Phi) is 16.0. The van der Waals surface area contributed by atoms with Crippen molar-refractivity contribution in [1.29, 1.82) is 0 Å². The summed E-state index contributed by atoms with van der Waals surface area (Å²) >= 11 is 0. The van der Waals surface area contributed by atoms with Crippen molar-refractivity contribution < 1.29 is 0 Å². The van der Waals surface area contributed by atoms with Crippen LogP contribution in [0.1, 0.15) is 150 Å². The van der Waals surface area contributed by atoms with Crippen LogP contribution in [0, 0.1) is 45.1 Å². The summed E-state index contributed by atoms with van der Waals surface area (Å²) in [6.07, 6.45) is 0. The van der Waals surface area contributed by atoms with Crippen LogP contribution in [0.2, 0.25) is 55.4 Å². The minimum Gasteiger partial charge on any atom is -0.136 e. The van der Waals surface area contributed by atoms with Gasteiger partial charge in [0.25, 0.3) is 0 Å². The molecule has 0 nitrogen and oxygen atoms in total. The Morgan fingerprint density at radius 2 is 0.500 bits per heavy atom. The van der Waals surface area contributed by atoms with Crippen LogP contribution < -0.4 is 0 Å². The van der Waals surface area contributed by atoms with E-state index in [2.05, 4.69) is 256 Å². The summed E-state index contributed by atoms with van der Waals surface area (Å²) in [5.74, 6) is 8.12. The zero-order valence-corrected chi connectivity index (χ0v) is 47.7. The second-order valence-corrected chi connectivity index (χ2v) is 42.6. The zero-order chi connectivity index (χ0) is 47.7. The third kappa shape index (κ3) is 9.17. The second-order valence-electron chi connectivity index (χ2n) is 22.4. The van der Waals surface area contributed by atoms with Gasteiger partial charge < -0.3 is 0 Å². The Bertz CT molecular complexity index is 2400. The summed E-state index contributed by atoms with van der Waals surface area (Å²) in [5, 5.41) is 9.67. The molecule has 0 aromatic heterocycles. The van der Waals surface area contributed by atoms with Gasteiger partial charge in [0, 0.05) is 11.1 Å². The smallest absolute Gasteiger partial charge is 0.136 e. The lowest BCUT2D eigenvalue weighted by atomic mass is 9.89. The van der Waals surface area contributed by atoms with Gasteiger partial charge in [0.2, 0.25) is 16.1 Å². The first kappa shape index (κ1) is 51.2. The zero-order valence-electron chi connectivity index (χ0n) is 43.7. The van der Waals surface area contributed by atoms with Crippen molar-refractivity contribution in [2.45, 2.75) is 194 Å². The number of hydrogen-bond acceptors (Lipinski definition) is 0. The highest BCUT2D eigenvalue weighted by molar-refractivity contribution is 7.00. The molecule has 0 saturated heterocycles. The molecule has 0 saturated carbocycles. The van der Waals surface area contributed by atoms with Crippen LogP contribution in [0.25, 0.3) is 43.1 Å². The third-order valence-electron chi connectivity index (χ3n) is 16.0. The summed E-state index contributed by atoms with van der Waals surface area (Å²) in [5.41, 5.74) is 32.4. The molecule has 0 amide bonds. The third-order valence-corrected chi connectivity index (χ3v) is 38.5. The predicted octanol–water partition coefficient (Wildman–Crippen LogP) is 18.1. The Morgan fingerprint density at radius 3 is 0.688 bits per heavy atom. The topological polar surface area (TPSA) is 0 Å². The lowest BCUT2D eigenvalue weighted by molar-refractivity contribution is 0.838. The SMILES string of the molecule is CC(C)[Si](C#Cc1c2cc3ccccc3cc2c(C#C[Si](C#C[Si](C(C)C)(C(C)C)C(C)C)(C(C)C)C(C)C)c2cc3ccccc3cc12)(C#C[Si](C(C)C)(C(C)C)C(C)C)C(C)C. The van der Waals surface area contributed by atoms with Crippen molar-refractivity contribution in [3.63, 3.8) is 0 Å². The standard InChI is InChI=1S/C60H82Si4/c1-41(2)61(42(3)4,33-35-63(45(9)10,46(11)12)47(13)14)31-29-55-57-37-51-25-21-23-27-53(51)39-59(57)56(60-40-54-28-24-22-26-52(54)38-58(55)60)30-32-62(43(5)6,44(7)8)34-36-64(48(15)16,49(17)18)50(19)20/h21-28,37-50H,1-20H3. The minimum atomic E-state index is -2.51. The largest absolute Gasteiger partial charge is 0.221 e. The summed E-state index contributed by atoms with van der Waals surface area (Å²) in [6, 6.07) is 27.3. The predicted molar refractivity (Wildman–Crippen MR) is 300 cm³/mol. The monoisotopic (exact) mass is 915 g/mol. The van der Waals surface area contributed by atoms with Crippen LogP contribution in [-0.4, -0.2) is 32.3 Å². The summed E-state index contributed by atoms with van der Waals surface area (Å²) in [7, 11) is -8.99. The molecule has 0 spiro atoms. The normalized spacial score (nSPS) is 13.0. The Labute approximate surface area is 396 Å². The quantitative estimate of drug-likeness (QED) is 0.0744. The van der Waals surface area contributed by atoms with E-state index in [1.807, 2.05) is 0 Å². The Morgan fingerprint density at radius 1 is 0.281 bits per heavy atom. The molecule has 0 radical (unpaired) electrons. The first-order valence-corrected chi connectivity index (χ1v) is 33.7. The number of benzene rings is 5. The summed E-state index contributed by atoms with van der Waals surface area (Å²) in [6.45, 7) is 48.3. The molecule has 0 fully saturated rings. The van der Waals surface area contributed by atoms with E-state index in [1.165, 1.54) is 43.1 Å². The van der Waals surface area contributed by atoms with Crippen LogP contribution in [0.3, 0.4) is 0 Å². The highest BCUT2D eigenvalue weighted by atomic mass is 28.3. The fourth-order valence-corrected chi connectivity index (χ4v) is 30.9. The lowest BCUT2D eigenvalue weighted by Gasteiger charge is -2.39. The van der Waals surface area contributed by atoms with E-state index in [9.17, 15) is 0 Å². The van der Waals surface area contributed by atoms with Crippen LogP contribution >= 0.6 is 0 Å². The van der Waals surface area contributed by atoms with Crippen molar-refractivity contribution >= 4 is 75.4 Å². The molecule has 5 rings (SSSR count). The maximum absolute atomic E-state index is 4.22. The van der Waals surface area contributed by atoms with Crippen LogP contribution in [-0.2, 0) is 0 Å². The van der Waals surface area contributed by atoms with Crippen molar-refractivity contribution in [1.82, 2.24) is 0 Å². The van der Waals surface area contributed by atoms with E-state index in [0.717, 1.165) is 11.1 Å². The number of hydrogen-bond donors (Lipinski definition) is 0. The molecule has 64 heavy (non-hydrogen) atoms. The first-order valence-electron chi connectivity index (χ1n) is 24.9. The maximum Gasteiger partial charge on any atom is 0.221 e. The van der Waals surface area contributed by atoms with Crippen LogP contribution in [0.4, 0.5) is 0 Å². The van der Waals surface area contributed by atoms with Gasteiger partial charge in [-0.3, -0.25) is 0 Å². The van der Waals surface area contributed by atoms with E-state index in [1.54, 1.807) is 0 Å². The van der Waals surface area contributed by atoms with Crippen LogP contribution in [0.5, 0.6) is 0 Å². The van der Waals surface area contributed by atoms with E-state index in [4.69, 9.17) is 0 Å². The highest BCUT2D eigenvalue weighted by Crippen LogP contribution is 2.44. The van der Waals surface area contributed by atoms with E-state index >= 15 is 0 Å². The molecule has 0 aliphatic carbocycles. The molecule has 0 unspecified atom stereocenters. The lowest BCUT2D eigenvalue weighted by Crippen LogP contribution is -2.45. The molecule has 0 N–H and O–H groups in total. The van der Waals surface area contributed by atoms with Crippen molar-refractivity contribution in [2.24, 2.45) is 0 Å². The van der Waals surface area contributed by atoms with Gasteiger partial charge >= 0.3 is 0 Å². The van der Waals surface area contributed by atoms with Gasteiger partial charge in [0.15, 0.2) is 0 Å². The second kappa shape index (κ2) is 20.0. The highest BCUT2D eigenvalue weighted by Gasteiger charge is 2.45. The van der Waals surface area contributed by atoms with Gasteiger partial charge in [0.1, 0.15) is 16.1 Å². The molecule has 0 aliphatic heterocycles. The van der Waals surface area contributed by atoms with Gasteiger partial charge in [-0.25, -0.2) is 0 Å². The molecule has 5 aromatic rings. The fraction of sp³-hybridized carbons (Fsp3) is 0.500. The average Bonchev–Trinajstić information content (AvgIpc) is 3.21.